The van der Waals surface area contributed by atoms with Crippen LogP contribution < -0.4 is 4.72 Å². The van der Waals surface area contributed by atoms with Gasteiger partial charge in [-0.25, -0.2) is 17.9 Å². The molecule has 3 rings (SSSR count). The lowest BCUT2D eigenvalue weighted by Crippen LogP contribution is -2.34. The molecule has 1 aromatic carbocycles. The average Bonchev–Trinajstić information content (AvgIpc) is 2.94. The number of hydrogen-bond donors (Lipinski definition) is 2. The minimum atomic E-state index is -3.64. The van der Waals surface area contributed by atoms with E-state index in [9.17, 15) is 18.3 Å². The summed E-state index contributed by atoms with van der Waals surface area (Å²) in [6.07, 6.45) is 1.32. The third-order valence-corrected chi connectivity index (χ3v) is 7.63. The number of carbonyl (C=O) groups is 1. The zero-order valence-electron chi connectivity index (χ0n) is 19.4. The van der Waals surface area contributed by atoms with E-state index in [0.29, 0.717) is 29.3 Å². The van der Waals surface area contributed by atoms with Crippen molar-refractivity contribution in [2.75, 3.05) is 6.54 Å². The van der Waals surface area contributed by atoms with Crippen LogP contribution >= 0.6 is 11.6 Å². The molecular formula is C26H30ClNO4S. The van der Waals surface area contributed by atoms with E-state index in [1.54, 1.807) is 18.2 Å². The Morgan fingerprint density at radius 2 is 1.64 bits per heavy atom. The van der Waals surface area contributed by atoms with E-state index in [0.717, 1.165) is 22.3 Å². The number of aryl methyl sites for hydroxylation is 1. The van der Waals surface area contributed by atoms with Gasteiger partial charge in [0.2, 0.25) is 10.0 Å². The lowest BCUT2D eigenvalue weighted by molar-refractivity contribution is 0.0698. The second-order valence-electron chi connectivity index (χ2n) is 9.48. The summed E-state index contributed by atoms with van der Waals surface area (Å²) in [5.41, 5.74) is 3.72. The Kier molecular flexibility index (Phi) is 7.52. The molecule has 0 heterocycles. The predicted octanol–water partition coefficient (Wildman–Crippen LogP) is 6.20. The number of carboxylic acids is 1. The van der Waals surface area contributed by atoms with Crippen molar-refractivity contribution in [3.05, 3.63) is 76.3 Å². The van der Waals surface area contributed by atoms with Gasteiger partial charge in [0, 0.05) is 11.6 Å². The number of nitrogens with one attached hydrogen (secondary N) is 1. The summed E-state index contributed by atoms with van der Waals surface area (Å²) in [7, 11) is -3.64. The van der Waals surface area contributed by atoms with Crippen molar-refractivity contribution in [2.24, 2.45) is 5.41 Å². The summed E-state index contributed by atoms with van der Waals surface area (Å²) in [6, 6.07) is 15.7. The van der Waals surface area contributed by atoms with Crippen LogP contribution in [0.4, 0.5) is 0 Å². The number of carboxylic acid groups (broad SMARTS) is 1. The standard InChI is InChI=1S/C26H30ClNO4S/c1-17(2)18-5-11-22-19(15-24(25(29)30)23(22)12-6-18)13-14-26(3,4)16-28-33(31,32)21-9-7-20(27)8-10-21/h5-12,15,17,28H,13-14,16H2,1-4H3,(H,29,30). The largest absolute Gasteiger partial charge is 0.478 e. The summed E-state index contributed by atoms with van der Waals surface area (Å²) >= 11 is 5.85. The van der Waals surface area contributed by atoms with Gasteiger partial charge in [0.25, 0.3) is 0 Å². The van der Waals surface area contributed by atoms with E-state index in [4.69, 9.17) is 11.6 Å². The smallest absolute Gasteiger partial charge is 0.336 e. The maximum Gasteiger partial charge on any atom is 0.336 e. The van der Waals surface area contributed by atoms with Gasteiger partial charge >= 0.3 is 5.97 Å². The molecule has 2 aliphatic carbocycles. The summed E-state index contributed by atoms with van der Waals surface area (Å²) < 4.78 is 27.9. The predicted molar refractivity (Wildman–Crippen MR) is 133 cm³/mol. The van der Waals surface area contributed by atoms with Crippen LogP contribution in [-0.4, -0.2) is 26.0 Å². The minimum absolute atomic E-state index is 0.171. The first-order chi connectivity index (χ1) is 15.4. The number of hydrogen-bond acceptors (Lipinski definition) is 3. The Labute approximate surface area is 201 Å². The first kappa shape index (κ1) is 25.2. The topological polar surface area (TPSA) is 83.5 Å². The molecule has 176 valence electrons. The molecule has 0 radical (unpaired) electrons. The van der Waals surface area contributed by atoms with Crippen LogP contribution in [0.1, 0.15) is 61.5 Å². The third kappa shape index (κ3) is 6.14. The summed E-state index contributed by atoms with van der Waals surface area (Å²) in [4.78, 5) is 12.0. The zero-order chi connectivity index (χ0) is 24.4. The molecule has 0 aromatic heterocycles. The number of fused-ring (bicyclic) bond motifs is 1. The van der Waals surface area contributed by atoms with Gasteiger partial charge in [-0.05, 0) is 76.8 Å². The fourth-order valence-electron chi connectivity index (χ4n) is 3.76. The van der Waals surface area contributed by atoms with Crippen molar-refractivity contribution >= 4 is 27.6 Å². The zero-order valence-corrected chi connectivity index (χ0v) is 20.9. The van der Waals surface area contributed by atoms with E-state index in [1.807, 2.05) is 38.1 Å². The molecular weight excluding hydrogens is 458 g/mol. The highest BCUT2D eigenvalue weighted by atomic mass is 35.5. The number of aromatic carboxylic acids is 1. The molecule has 5 nitrogen and oxygen atoms in total. The average molecular weight is 488 g/mol. The van der Waals surface area contributed by atoms with Crippen LogP contribution in [-0.2, 0) is 16.4 Å². The number of halogens is 1. The van der Waals surface area contributed by atoms with Gasteiger partial charge < -0.3 is 5.11 Å². The second-order valence-corrected chi connectivity index (χ2v) is 11.7. The fourth-order valence-corrected chi connectivity index (χ4v) is 5.12. The van der Waals surface area contributed by atoms with Gasteiger partial charge in [-0.2, -0.15) is 0 Å². The van der Waals surface area contributed by atoms with Gasteiger partial charge in [0.15, 0.2) is 0 Å². The van der Waals surface area contributed by atoms with Crippen LogP contribution in [0.2, 0.25) is 5.02 Å². The normalized spacial score (nSPS) is 12.4. The van der Waals surface area contributed by atoms with Gasteiger partial charge in [0.1, 0.15) is 0 Å². The van der Waals surface area contributed by atoms with E-state index < -0.39 is 16.0 Å². The molecule has 0 spiro atoms. The highest BCUT2D eigenvalue weighted by Crippen LogP contribution is 2.35. The van der Waals surface area contributed by atoms with Crippen LogP contribution in [0.25, 0.3) is 11.1 Å². The lowest BCUT2D eigenvalue weighted by Gasteiger charge is -2.25. The maximum atomic E-state index is 12.6. The number of benzene rings is 1. The fraction of sp³-hybridized carbons (Fsp3) is 0.346. The van der Waals surface area contributed by atoms with Crippen LogP contribution in [0.5, 0.6) is 0 Å². The van der Waals surface area contributed by atoms with E-state index in [1.165, 1.54) is 12.1 Å². The van der Waals surface area contributed by atoms with Crippen molar-refractivity contribution in [2.45, 2.75) is 51.3 Å². The first-order valence-corrected chi connectivity index (χ1v) is 12.8. The number of rotatable bonds is 9. The summed E-state index contributed by atoms with van der Waals surface area (Å²) in [5, 5.41) is 10.2. The summed E-state index contributed by atoms with van der Waals surface area (Å²) in [6.45, 7) is 8.46. The quantitative estimate of drug-likeness (QED) is 0.376. The Morgan fingerprint density at radius 3 is 2.21 bits per heavy atom. The number of sulfonamides is 1. The lowest BCUT2D eigenvalue weighted by atomic mass is 9.86. The van der Waals surface area contributed by atoms with Crippen molar-refractivity contribution in [1.82, 2.24) is 4.72 Å². The molecule has 0 bridgehead atoms. The molecule has 2 aliphatic rings. The monoisotopic (exact) mass is 487 g/mol. The Balaban J connectivity index is 1.77. The molecule has 0 saturated heterocycles. The van der Waals surface area contributed by atoms with Crippen LogP contribution in [0.15, 0.2) is 59.5 Å². The Morgan fingerprint density at radius 1 is 1.03 bits per heavy atom. The summed E-state index contributed by atoms with van der Waals surface area (Å²) in [5.74, 6) is -0.607. The Hall–Kier alpha value is -2.41. The van der Waals surface area contributed by atoms with E-state index in [2.05, 4.69) is 18.6 Å². The molecule has 0 atom stereocenters. The molecule has 1 aromatic rings. The molecule has 2 N–H and O–H groups in total. The van der Waals surface area contributed by atoms with Gasteiger partial charge in [-0.3, -0.25) is 0 Å². The van der Waals surface area contributed by atoms with Crippen molar-refractivity contribution in [1.29, 1.82) is 0 Å². The first-order valence-electron chi connectivity index (χ1n) is 10.9. The molecule has 33 heavy (non-hydrogen) atoms. The van der Waals surface area contributed by atoms with Gasteiger partial charge in [0.05, 0.1) is 10.5 Å². The van der Waals surface area contributed by atoms with Gasteiger partial charge in [-0.1, -0.05) is 63.6 Å². The Bertz CT molecular complexity index is 1220. The van der Waals surface area contributed by atoms with Crippen molar-refractivity contribution in [3.8, 4) is 11.1 Å². The molecule has 0 aliphatic heterocycles. The SMILES string of the molecule is CC(C)c1ccc2c(CCC(C)(C)CNS(=O)(=O)c3ccc(Cl)cc3)cc(C(=O)O)c-2cc1. The van der Waals surface area contributed by atoms with Crippen LogP contribution in [0, 0.1) is 5.41 Å². The van der Waals surface area contributed by atoms with Crippen molar-refractivity contribution < 1.29 is 18.3 Å². The maximum absolute atomic E-state index is 12.6. The molecule has 0 unspecified atom stereocenters. The van der Waals surface area contributed by atoms with Gasteiger partial charge in [-0.15, -0.1) is 0 Å². The third-order valence-electron chi connectivity index (χ3n) is 5.96. The molecule has 0 fully saturated rings. The van der Waals surface area contributed by atoms with E-state index in [-0.39, 0.29) is 16.9 Å². The second kappa shape index (κ2) is 9.84. The molecule has 0 amide bonds. The molecule has 7 heteroatoms. The van der Waals surface area contributed by atoms with E-state index >= 15 is 0 Å². The highest BCUT2D eigenvalue weighted by Gasteiger charge is 2.25. The minimum Gasteiger partial charge on any atom is -0.478 e. The van der Waals surface area contributed by atoms with Crippen molar-refractivity contribution in [3.63, 3.8) is 0 Å². The highest BCUT2D eigenvalue weighted by molar-refractivity contribution is 7.89. The molecule has 0 saturated carbocycles. The van der Waals surface area contributed by atoms with Crippen LogP contribution in [0.3, 0.4) is 0 Å².